The van der Waals surface area contributed by atoms with Gasteiger partial charge in [0.25, 0.3) is 12.0 Å². The highest BCUT2D eigenvalue weighted by Crippen LogP contribution is 2.38. The molecule has 2 N–H and O–H groups in total. The molecule has 2 aromatic heterocycles. The minimum Gasteiger partial charge on any atom is -0.369 e. The van der Waals surface area contributed by atoms with Gasteiger partial charge in [-0.15, -0.1) is 0 Å². The van der Waals surface area contributed by atoms with Gasteiger partial charge < -0.3 is 19.9 Å². The molecule has 5 heterocycles. The van der Waals surface area contributed by atoms with E-state index >= 15 is 0 Å². The maximum Gasteiger partial charge on any atom is 0.264 e. The van der Waals surface area contributed by atoms with Crippen LogP contribution in [0.15, 0.2) is 35.3 Å². The Balaban J connectivity index is 1.57. The molecular formula is C24H27F2N5O2. The average molecular weight is 456 g/mol. The summed E-state index contributed by atoms with van der Waals surface area (Å²) in [6.07, 6.45) is 0.658. The van der Waals surface area contributed by atoms with E-state index in [1.54, 1.807) is 26.1 Å². The quantitative estimate of drug-likeness (QED) is 0.572. The SMILES string of the molecule is Cc1nc(N[C@H](O)c2cccc(C(F)F)c2C)c2cn(C34CCN(CC3)CC4)c(=O)cc2n1. The van der Waals surface area contributed by atoms with Crippen LogP contribution in [0.5, 0.6) is 0 Å². The molecule has 174 valence electrons. The predicted octanol–water partition coefficient (Wildman–Crippen LogP) is 3.64. The Morgan fingerprint density at radius 3 is 2.42 bits per heavy atom. The second-order valence-electron chi connectivity index (χ2n) is 9.13. The minimum absolute atomic E-state index is 0.0945. The number of hydrogen-bond donors (Lipinski definition) is 2. The summed E-state index contributed by atoms with van der Waals surface area (Å²) < 4.78 is 28.5. The zero-order valence-electron chi connectivity index (χ0n) is 18.7. The lowest BCUT2D eigenvalue weighted by Gasteiger charge is -2.49. The second-order valence-corrected chi connectivity index (χ2v) is 9.13. The summed E-state index contributed by atoms with van der Waals surface area (Å²) in [5.41, 5.74) is 0.733. The highest BCUT2D eigenvalue weighted by Gasteiger charge is 2.41. The first-order valence-electron chi connectivity index (χ1n) is 11.2. The first-order chi connectivity index (χ1) is 15.8. The number of aliphatic hydroxyl groups is 1. The van der Waals surface area contributed by atoms with Gasteiger partial charge in [0.15, 0.2) is 6.23 Å². The highest BCUT2D eigenvalue weighted by atomic mass is 19.3. The van der Waals surface area contributed by atoms with Gasteiger partial charge in [-0.2, -0.15) is 0 Å². The molecule has 3 aliphatic heterocycles. The third kappa shape index (κ3) is 3.79. The lowest BCUT2D eigenvalue weighted by atomic mass is 9.79. The monoisotopic (exact) mass is 455 g/mol. The van der Waals surface area contributed by atoms with Crippen molar-refractivity contribution in [1.82, 2.24) is 19.4 Å². The second kappa shape index (κ2) is 8.14. The topological polar surface area (TPSA) is 83.3 Å². The smallest absolute Gasteiger partial charge is 0.264 e. The standard InChI is InChI=1S/C24H27F2N5O2/c1-14-16(21(25)26)4-3-5-17(14)23(33)29-22-18-13-31(20(32)12-19(18)27-15(2)28-22)24-6-9-30(10-7-24)11-8-24/h3-5,12-13,21,23,33H,6-11H2,1-2H3,(H,27,28,29)/t23-/m1/s1. The molecule has 33 heavy (non-hydrogen) atoms. The summed E-state index contributed by atoms with van der Waals surface area (Å²) in [6.45, 7) is 6.19. The zero-order chi connectivity index (χ0) is 23.3. The molecule has 3 fully saturated rings. The fourth-order valence-corrected chi connectivity index (χ4v) is 5.28. The van der Waals surface area contributed by atoms with E-state index in [-0.39, 0.29) is 16.7 Å². The van der Waals surface area contributed by atoms with Gasteiger partial charge in [0.05, 0.1) is 16.4 Å². The summed E-state index contributed by atoms with van der Waals surface area (Å²) in [5, 5.41) is 14.5. The summed E-state index contributed by atoms with van der Waals surface area (Å²) in [5.74, 6) is 0.807. The molecule has 0 radical (unpaired) electrons. The molecule has 0 spiro atoms. The predicted molar refractivity (Wildman–Crippen MR) is 122 cm³/mol. The fourth-order valence-electron chi connectivity index (χ4n) is 5.28. The van der Waals surface area contributed by atoms with E-state index in [0.717, 1.165) is 38.9 Å². The number of aliphatic hydroxyl groups excluding tert-OH is 1. The van der Waals surface area contributed by atoms with E-state index < -0.39 is 12.7 Å². The molecule has 0 unspecified atom stereocenters. The number of fused-ring (bicyclic) bond motifs is 4. The maximum absolute atomic E-state index is 13.3. The number of pyridine rings is 1. The minimum atomic E-state index is -2.63. The van der Waals surface area contributed by atoms with Crippen LogP contribution in [0.2, 0.25) is 0 Å². The van der Waals surface area contributed by atoms with Crippen molar-refractivity contribution in [2.75, 3.05) is 25.0 Å². The summed E-state index contributed by atoms with van der Waals surface area (Å²) in [6, 6.07) is 6.00. The van der Waals surface area contributed by atoms with Crippen LogP contribution in [0.4, 0.5) is 14.6 Å². The zero-order valence-corrected chi connectivity index (χ0v) is 18.7. The molecule has 2 bridgehead atoms. The van der Waals surface area contributed by atoms with Gasteiger partial charge >= 0.3 is 0 Å². The number of anilines is 1. The molecule has 1 aromatic carbocycles. The lowest BCUT2D eigenvalue weighted by Crippen LogP contribution is -2.55. The number of benzene rings is 1. The van der Waals surface area contributed by atoms with Crippen LogP contribution in [0.1, 0.15) is 54.4 Å². The van der Waals surface area contributed by atoms with Crippen molar-refractivity contribution in [2.24, 2.45) is 0 Å². The van der Waals surface area contributed by atoms with Crippen molar-refractivity contribution >= 4 is 16.7 Å². The molecule has 7 nitrogen and oxygen atoms in total. The Kier molecular flexibility index (Phi) is 5.41. The molecule has 0 amide bonds. The Morgan fingerprint density at radius 1 is 1.09 bits per heavy atom. The van der Waals surface area contributed by atoms with E-state index in [1.807, 2.05) is 4.57 Å². The molecule has 1 atom stereocenters. The van der Waals surface area contributed by atoms with Crippen molar-refractivity contribution in [2.45, 2.75) is 51.3 Å². The van der Waals surface area contributed by atoms with Gasteiger partial charge in [-0.05, 0) is 38.7 Å². The van der Waals surface area contributed by atoms with Gasteiger partial charge in [0.2, 0.25) is 0 Å². The van der Waals surface area contributed by atoms with Crippen molar-refractivity contribution in [3.63, 3.8) is 0 Å². The van der Waals surface area contributed by atoms with Crippen molar-refractivity contribution in [1.29, 1.82) is 0 Å². The highest BCUT2D eigenvalue weighted by molar-refractivity contribution is 5.88. The number of halogens is 2. The van der Waals surface area contributed by atoms with Crippen molar-refractivity contribution in [3.05, 3.63) is 63.3 Å². The molecule has 3 saturated heterocycles. The summed E-state index contributed by atoms with van der Waals surface area (Å²) in [7, 11) is 0. The third-order valence-corrected chi connectivity index (χ3v) is 7.25. The van der Waals surface area contributed by atoms with Gasteiger partial charge in [-0.25, -0.2) is 18.7 Å². The number of aromatic nitrogens is 3. The van der Waals surface area contributed by atoms with Crippen molar-refractivity contribution in [3.8, 4) is 0 Å². The van der Waals surface area contributed by atoms with E-state index in [0.29, 0.717) is 33.7 Å². The Morgan fingerprint density at radius 2 is 1.76 bits per heavy atom. The van der Waals surface area contributed by atoms with E-state index in [9.17, 15) is 18.7 Å². The molecule has 9 heteroatoms. The normalized spacial score (nSPS) is 23.3. The summed E-state index contributed by atoms with van der Waals surface area (Å²) in [4.78, 5) is 24.4. The number of nitrogens with zero attached hydrogens (tertiary/aromatic N) is 4. The maximum atomic E-state index is 13.3. The van der Waals surface area contributed by atoms with Gasteiger partial charge in [-0.1, -0.05) is 18.2 Å². The largest absolute Gasteiger partial charge is 0.369 e. The van der Waals surface area contributed by atoms with E-state index in [4.69, 9.17) is 0 Å². The van der Waals surface area contributed by atoms with Crippen molar-refractivity contribution < 1.29 is 13.9 Å². The fraction of sp³-hybridized carbons (Fsp3) is 0.458. The van der Waals surface area contributed by atoms with Crippen LogP contribution in [0.3, 0.4) is 0 Å². The molecule has 6 rings (SSSR count). The van der Waals surface area contributed by atoms with Gasteiger partial charge in [-0.3, -0.25) is 4.79 Å². The number of piperidine rings is 3. The first kappa shape index (κ1) is 21.9. The van der Waals surface area contributed by atoms with E-state index in [1.165, 1.54) is 18.2 Å². The number of aryl methyl sites for hydroxylation is 1. The molecule has 0 aliphatic carbocycles. The van der Waals surface area contributed by atoms with Crippen LogP contribution >= 0.6 is 0 Å². The molecule has 3 aromatic rings. The van der Waals surface area contributed by atoms with Crippen LogP contribution in [-0.2, 0) is 5.54 Å². The first-order valence-corrected chi connectivity index (χ1v) is 11.2. The van der Waals surface area contributed by atoms with Crippen LogP contribution in [0.25, 0.3) is 10.9 Å². The number of alkyl halides is 2. The lowest BCUT2D eigenvalue weighted by molar-refractivity contribution is 0.0329. The van der Waals surface area contributed by atoms with Crippen LogP contribution < -0.4 is 10.9 Å². The Bertz CT molecular complexity index is 1250. The summed E-state index contributed by atoms with van der Waals surface area (Å²) >= 11 is 0. The Labute approximate surface area is 190 Å². The van der Waals surface area contributed by atoms with Crippen LogP contribution in [-0.4, -0.2) is 44.2 Å². The number of nitrogens with one attached hydrogen (secondary N) is 1. The van der Waals surface area contributed by atoms with E-state index in [2.05, 4.69) is 20.2 Å². The Hall–Kier alpha value is -2.91. The molecule has 3 aliphatic rings. The third-order valence-electron chi connectivity index (χ3n) is 7.25. The number of hydrogen-bond acceptors (Lipinski definition) is 6. The van der Waals surface area contributed by atoms with Gasteiger partial charge in [0, 0.05) is 43.0 Å². The molecule has 0 saturated carbocycles. The van der Waals surface area contributed by atoms with Crippen LogP contribution in [0, 0.1) is 13.8 Å². The number of rotatable bonds is 5. The average Bonchev–Trinajstić information content (AvgIpc) is 2.79. The van der Waals surface area contributed by atoms with Gasteiger partial charge in [0.1, 0.15) is 11.6 Å². The molecular weight excluding hydrogens is 428 g/mol.